The summed E-state index contributed by atoms with van der Waals surface area (Å²) in [6.07, 6.45) is 0. The minimum Gasteiger partial charge on any atom is -0.372 e. The van der Waals surface area contributed by atoms with Crippen LogP contribution in [-0.2, 0) is 0 Å². The number of benzene rings is 2. The van der Waals surface area contributed by atoms with Gasteiger partial charge < -0.3 is 10.2 Å². The number of nitrogens with zero attached hydrogens (tertiary/aromatic N) is 1. The lowest BCUT2D eigenvalue weighted by atomic mass is 10.1. The van der Waals surface area contributed by atoms with Gasteiger partial charge in [0.05, 0.1) is 5.56 Å². The third-order valence-corrected chi connectivity index (χ3v) is 3.53. The van der Waals surface area contributed by atoms with Gasteiger partial charge in [-0.05, 0) is 50.2 Å². The predicted molar refractivity (Wildman–Crippen MR) is 84.3 cm³/mol. The third kappa shape index (κ3) is 3.64. The van der Waals surface area contributed by atoms with E-state index in [-0.39, 0.29) is 0 Å². The van der Waals surface area contributed by atoms with Crippen molar-refractivity contribution in [1.82, 2.24) is 0 Å². The van der Waals surface area contributed by atoms with E-state index in [1.54, 1.807) is 12.1 Å². The molecule has 0 saturated heterocycles. The van der Waals surface area contributed by atoms with Gasteiger partial charge in [0, 0.05) is 24.5 Å². The summed E-state index contributed by atoms with van der Waals surface area (Å²) in [7, 11) is 0. The van der Waals surface area contributed by atoms with Crippen LogP contribution in [0.25, 0.3) is 0 Å². The fourth-order valence-electron chi connectivity index (χ4n) is 2.24. The fraction of sp³-hybridized carbons (Fsp3) is 0.235. The van der Waals surface area contributed by atoms with E-state index in [9.17, 15) is 18.0 Å². The topological polar surface area (TPSA) is 32.3 Å². The number of carbonyl (C=O) groups is 1. The van der Waals surface area contributed by atoms with E-state index in [4.69, 9.17) is 0 Å². The maximum atomic E-state index is 13.6. The van der Waals surface area contributed by atoms with Gasteiger partial charge in [-0.15, -0.1) is 0 Å². The fourth-order valence-corrected chi connectivity index (χ4v) is 2.24. The molecule has 0 radical (unpaired) electrons. The Bertz CT molecular complexity index is 698. The van der Waals surface area contributed by atoms with E-state index in [1.807, 2.05) is 26.0 Å². The van der Waals surface area contributed by atoms with Crippen molar-refractivity contribution in [3.05, 3.63) is 59.4 Å². The monoisotopic (exact) mass is 322 g/mol. The van der Waals surface area contributed by atoms with Crippen LogP contribution in [-0.4, -0.2) is 19.0 Å². The molecule has 2 aromatic rings. The summed E-state index contributed by atoms with van der Waals surface area (Å²) >= 11 is 0. The zero-order valence-corrected chi connectivity index (χ0v) is 12.9. The quantitative estimate of drug-likeness (QED) is 0.837. The molecule has 0 spiro atoms. The number of amides is 1. The van der Waals surface area contributed by atoms with E-state index in [2.05, 4.69) is 10.2 Å². The largest absolute Gasteiger partial charge is 0.372 e. The zero-order chi connectivity index (χ0) is 17.0. The van der Waals surface area contributed by atoms with Crippen molar-refractivity contribution in [2.45, 2.75) is 13.8 Å². The maximum absolute atomic E-state index is 13.6. The first-order chi connectivity index (χ1) is 11.0. The molecule has 2 aromatic carbocycles. The Morgan fingerprint density at radius 3 is 2.13 bits per heavy atom. The van der Waals surface area contributed by atoms with Gasteiger partial charge in [-0.1, -0.05) is 0 Å². The normalized spacial score (nSPS) is 10.5. The molecule has 0 aliphatic heterocycles. The number of hydrogen-bond donors (Lipinski definition) is 1. The van der Waals surface area contributed by atoms with Gasteiger partial charge >= 0.3 is 0 Å². The first-order valence-corrected chi connectivity index (χ1v) is 7.27. The van der Waals surface area contributed by atoms with E-state index in [1.165, 1.54) is 0 Å². The highest BCUT2D eigenvalue weighted by atomic mass is 19.2. The molecule has 3 nitrogen and oxygen atoms in total. The summed E-state index contributed by atoms with van der Waals surface area (Å²) in [6, 6.07) is 8.62. The molecule has 0 bridgehead atoms. The second-order valence-corrected chi connectivity index (χ2v) is 4.90. The van der Waals surface area contributed by atoms with Crippen molar-refractivity contribution in [3.63, 3.8) is 0 Å². The van der Waals surface area contributed by atoms with Gasteiger partial charge in [0.25, 0.3) is 5.91 Å². The van der Waals surface area contributed by atoms with Crippen molar-refractivity contribution in [3.8, 4) is 0 Å². The zero-order valence-electron chi connectivity index (χ0n) is 12.9. The Hall–Kier alpha value is -2.50. The highest BCUT2D eigenvalue weighted by molar-refractivity contribution is 6.04. The SMILES string of the molecule is CCN(CC)c1ccc(NC(=O)c2ccc(F)c(F)c2F)cc1. The molecular formula is C17H17F3N2O. The summed E-state index contributed by atoms with van der Waals surface area (Å²) < 4.78 is 39.7. The Kier molecular flexibility index (Phi) is 5.26. The van der Waals surface area contributed by atoms with Crippen molar-refractivity contribution in [1.29, 1.82) is 0 Å². The Morgan fingerprint density at radius 1 is 0.957 bits per heavy atom. The number of carbonyl (C=O) groups excluding carboxylic acids is 1. The molecule has 1 N–H and O–H groups in total. The van der Waals surface area contributed by atoms with Crippen molar-refractivity contribution < 1.29 is 18.0 Å². The molecule has 1 amide bonds. The molecule has 6 heteroatoms. The first kappa shape index (κ1) is 16.9. The number of halogens is 3. The third-order valence-electron chi connectivity index (χ3n) is 3.53. The summed E-state index contributed by atoms with van der Waals surface area (Å²) in [5.74, 6) is -5.32. The van der Waals surface area contributed by atoms with Crippen LogP contribution in [0.4, 0.5) is 24.5 Å². The molecule has 122 valence electrons. The number of anilines is 2. The molecule has 0 fully saturated rings. The average molecular weight is 322 g/mol. The van der Waals surface area contributed by atoms with E-state index < -0.39 is 28.9 Å². The highest BCUT2D eigenvalue weighted by Crippen LogP contribution is 2.20. The Labute approximate surface area is 132 Å². The molecule has 23 heavy (non-hydrogen) atoms. The van der Waals surface area contributed by atoms with Crippen LogP contribution in [0.5, 0.6) is 0 Å². The minimum absolute atomic E-state index is 0.440. The molecule has 0 atom stereocenters. The van der Waals surface area contributed by atoms with Crippen LogP contribution in [0.3, 0.4) is 0 Å². The van der Waals surface area contributed by atoms with Gasteiger partial charge in [0.2, 0.25) is 0 Å². The highest BCUT2D eigenvalue weighted by Gasteiger charge is 2.18. The van der Waals surface area contributed by atoms with Gasteiger partial charge in [-0.3, -0.25) is 4.79 Å². The molecule has 0 aromatic heterocycles. The van der Waals surface area contributed by atoms with Crippen LogP contribution >= 0.6 is 0 Å². The predicted octanol–water partition coefficient (Wildman–Crippen LogP) is 4.20. The van der Waals surface area contributed by atoms with E-state index in [0.29, 0.717) is 5.69 Å². The van der Waals surface area contributed by atoms with Crippen LogP contribution in [0, 0.1) is 17.5 Å². The Morgan fingerprint density at radius 2 is 1.57 bits per heavy atom. The van der Waals surface area contributed by atoms with E-state index in [0.717, 1.165) is 30.9 Å². The molecule has 0 aliphatic rings. The summed E-state index contributed by atoms with van der Waals surface area (Å²) in [5, 5.41) is 2.46. The number of hydrogen-bond acceptors (Lipinski definition) is 2. The van der Waals surface area contributed by atoms with Gasteiger partial charge in [0.15, 0.2) is 17.5 Å². The van der Waals surface area contributed by atoms with Gasteiger partial charge in [-0.2, -0.15) is 0 Å². The summed E-state index contributed by atoms with van der Waals surface area (Å²) in [5.41, 5.74) is 0.888. The average Bonchev–Trinajstić information content (AvgIpc) is 2.55. The maximum Gasteiger partial charge on any atom is 0.258 e. The van der Waals surface area contributed by atoms with Crippen molar-refractivity contribution >= 4 is 17.3 Å². The Balaban J connectivity index is 2.16. The molecule has 0 heterocycles. The van der Waals surface area contributed by atoms with Crippen molar-refractivity contribution in [2.75, 3.05) is 23.3 Å². The van der Waals surface area contributed by atoms with Crippen LogP contribution in [0.1, 0.15) is 24.2 Å². The molecule has 0 saturated carbocycles. The van der Waals surface area contributed by atoms with Crippen LogP contribution in [0.15, 0.2) is 36.4 Å². The van der Waals surface area contributed by atoms with E-state index >= 15 is 0 Å². The van der Waals surface area contributed by atoms with Crippen molar-refractivity contribution in [2.24, 2.45) is 0 Å². The molecular weight excluding hydrogens is 305 g/mol. The summed E-state index contributed by atoms with van der Waals surface area (Å²) in [4.78, 5) is 14.1. The van der Waals surface area contributed by atoms with Gasteiger partial charge in [-0.25, -0.2) is 13.2 Å². The lowest BCUT2D eigenvalue weighted by molar-refractivity contribution is 0.102. The second-order valence-electron chi connectivity index (χ2n) is 4.90. The minimum atomic E-state index is -1.66. The van der Waals surface area contributed by atoms with Crippen LogP contribution in [0.2, 0.25) is 0 Å². The van der Waals surface area contributed by atoms with Gasteiger partial charge in [0.1, 0.15) is 0 Å². The standard InChI is InChI=1S/C17H17F3N2O/c1-3-22(4-2)12-7-5-11(6-8-12)21-17(23)13-9-10-14(18)16(20)15(13)19/h5-10H,3-4H2,1-2H3,(H,21,23). The smallest absolute Gasteiger partial charge is 0.258 e. The summed E-state index contributed by atoms with van der Waals surface area (Å²) in [6.45, 7) is 5.76. The number of rotatable bonds is 5. The molecule has 0 unspecified atom stereocenters. The number of nitrogens with one attached hydrogen (secondary N) is 1. The second kappa shape index (κ2) is 7.17. The lowest BCUT2D eigenvalue weighted by Gasteiger charge is -2.21. The van der Waals surface area contributed by atoms with Crippen LogP contribution < -0.4 is 10.2 Å². The first-order valence-electron chi connectivity index (χ1n) is 7.27. The molecule has 0 aliphatic carbocycles. The molecule has 2 rings (SSSR count). The lowest BCUT2D eigenvalue weighted by Crippen LogP contribution is -2.21.